The number of carboxylic acid groups (broad SMARTS) is 1. The smallest absolute Gasteiger partial charge is 0.320 e. The maximum atomic E-state index is 11.8. The minimum absolute atomic E-state index is 0.0231. The molecular formula is C12H20N2O3. The molecule has 0 aromatic carbocycles. The van der Waals surface area contributed by atoms with Crippen LogP contribution in [0.1, 0.15) is 38.5 Å². The van der Waals surface area contributed by atoms with Crippen LogP contribution < -0.4 is 5.32 Å². The molecule has 1 saturated carbocycles. The van der Waals surface area contributed by atoms with E-state index < -0.39 is 12.0 Å². The molecule has 2 rings (SSSR count). The van der Waals surface area contributed by atoms with Crippen molar-refractivity contribution < 1.29 is 14.7 Å². The number of amides is 1. The van der Waals surface area contributed by atoms with Crippen molar-refractivity contribution in [2.75, 3.05) is 13.1 Å². The molecule has 96 valence electrons. The number of hydrogen-bond acceptors (Lipinski definition) is 3. The van der Waals surface area contributed by atoms with E-state index >= 15 is 0 Å². The molecule has 5 nitrogen and oxygen atoms in total. The summed E-state index contributed by atoms with van der Waals surface area (Å²) >= 11 is 0. The van der Waals surface area contributed by atoms with Gasteiger partial charge in [-0.3, -0.25) is 14.5 Å². The van der Waals surface area contributed by atoms with E-state index in [2.05, 4.69) is 5.32 Å². The molecule has 0 unspecified atom stereocenters. The highest BCUT2D eigenvalue weighted by Gasteiger charge is 2.32. The molecule has 0 radical (unpaired) electrons. The van der Waals surface area contributed by atoms with Gasteiger partial charge in [0.1, 0.15) is 6.04 Å². The minimum atomic E-state index is -0.809. The summed E-state index contributed by atoms with van der Waals surface area (Å²) in [4.78, 5) is 24.5. The number of carboxylic acids is 1. The fourth-order valence-corrected chi connectivity index (χ4v) is 2.82. The lowest BCUT2D eigenvalue weighted by Gasteiger charge is -2.21. The van der Waals surface area contributed by atoms with Crippen LogP contribution in [0.3, 0.4) is 0 Å². The molecule has 1 atom stereocenters. The number of nitrogens with zero attached hydrogens (tertiary/aromatic N) is 1. The number of rotatable bonds is 4. The predicted octanol–water partition coefficient (Wildman–Crippen LogP) is 0.594. The van der Waals surface area contributed by atoms with Gasteiger partial charge in [0.05, 0.1) is 6.54 Å². The number of aliphatic carboxylic acids is 1. The van der Waals surface area contributed by atoms with Crippen molar-refractivity contribution in [1.82, 2.24) is 10.2 Å². The fourth-order valence-electron chi connectivity index (χ4n) is 2.82. The highest BCUT2D eigenvalue weighted by Crippen LogP contribution is 2.19. The zero-order valence-corrected chi connectivity index (χ0v) is 10.0. The Morgan fingerprint density at radius 1 is 1.18 bits per heavy atom. The van der Waals surface area contributed by atoms with E-state index in [1.807, 2.05) is 0 Å². The van der Waals surface area contributed by atoms with Gasteiger partial charge in [0.25, 0.3) is 0 Å². The second-order valence-corrected chi connectivity index (χ2v) is 5.02. The van der Waals surface area contributed by atoms with E-state index in [1.165, 1.54) is 12.8 Å². The lowest BCUT2D eigenvalue weighted by atomic mass is 10.2. The first kappa shape index (κ1) is 12.4. The molecule has 1 amide bonds. The molecule has 1 saturated heterocycles. The Morgan fingerprint density at radius 3 is 2.53 bits per heavy atom. The minimum Gasteiger partial charge on any atom is -0.480 e. The summed E-state index contributed by atoms with van der Waals surface area (Å²) in [5, 5.41) is 12.0. The van der Waals surface area contributed by atoms with Crippen molar-refractivity contribution >= 4 is 11.9 Å². The average molecular weight is 240 g/mol. The van der Waals surface area contributed by atoms with Crippen molar-refractivity contribution in [3.63, 3.8) is 0 Å². The molecule has 1 aliphatic carbocycles. The summed E-state index contributed by atoms with van der Waals surface area (Å²) in [6.07, 6.45) is 6.03. The molecular weight excluding hydrogens is 220 g/mol. The highest BCUT2D eigenvalue weighted by molar-refractivity contribution is 5.80. The molecule has 2 N–H and O–H groups in total. The third-order valence-electron chi connectivity index (χ3n) is 3.72. The molecule has 2 aliphatic rings. The summed E-state index contributed by atoms with van der Waals surface area (Å²) in [6, 6.07) is -0.155. The van der Waals surface area contributed by atoms with Crippen molar-refractivity contribution in [2.24, 2.45) is 0 Å². The third kappa shape index (κ3) is 3.19. The molecule has 5 heteroatoms. The van der Waals surface area contributed by atoms with E-state index in [9.17, 15) is 9.59 Å². The van der Waals surface area contributed by atoms with Gasteiger partial charge in [-0.1, -0.05) is 12.8 Å². The number of nitrogens with one attached hydrogen (secondary N) is 1. The Bertz CT molecular complexity index is 300. The first-order valence-corrected chi connectivity index (χ1v) is 6.43. The average Bonchev–Trinajstić information content (AvgIpc) is 2.88. The Kier molecular flexibility index (Phi) is 3.99. The van der Waals surface area contributed by atoms with Gasteiger partial charge in [-0.05, 0) is 32.2 Å². The summed E-state index contributed by atoms with van der Waals surface area (Å²) < 4.78 is 0. The van der Waals surface area contributed by atoms with Crippen molar-refractivity contribution in [3.05, 3.63) is 0 Å². The van der Waals surface area contributed by atoms with Crippen LogP contribution in [0.4, 0.5) is 0 Å². The van der Waals surface area contributed by atoms with E-state index in [0.717, 1.165) is 25.8 Å². The molecule has 17 heavy (non-hydrogen) atoms. The maximum absolute atomic E-state index is 11.8. The van der Waals surface area contributed by atoms with Gasteiger partial charge in [0.15, 0.2) is 0 Å². The zero-order valence-electron chi connectivity index (χ0n) is 10.0. The van der Waals surface area contributed by atoms with Crippen LogP contribution in [0.25, 0.3) is 0 Å². The fraction of sp³-hybridized carbons (Fsp3) is 0.833. The molecule has 0 spiro atoms. The predicted molar refractivity (Wildman–Crippen MR) is 62.6 cm³/mol. The van der Waals surface area contributed by atoms with Gasteiger partial charge in [0.2, 0.25) is 5.91 Å². The number of likely N-dealkylation sites (tertiary alicyclic amines) is 1. The molecule has 1 aliphatic heterocycles. The Labute approximate surface area is 101 Å². The molecule has 0 bridgehead atoms. The van der Waals surface area contributed by atoms with Gasteiger partial charge < -0.3 is 10.4 Å². The van der Waals surface area contributed by atoms with Crippen LogP contribution in [0.2, 0.25) is 0 Å². The number of hydrogen-bond donors (Lipinski definition) is 2. The summed E-state index contributed by atoms with van der Waals surface area (Å²) in [6.45, 7) is 0.947. The first-order valence-electron chi connectivity index (χ1n) is 6.43. The van der Waals surface area contributed by atoms with Crippen molar-refractivity contribution in [1.29, 1.82) is 0 Å². The number of carbonyl (C=O) groups excluding carboxylic acids is 1. The molecule has 0 aromatic heterocycles. The largest absolute Gasteiger partial charge is 0.480 e. The Hall–Kier alpha value is -1.10. The quantitative estimate of drug-likeness (QED) is 0.754. The van der Waals surface area contributed by atoms with E-state index in [-0.39, 0.29) is 12.5 Å². The van der Waals surface area contributed by atoms with Crippen LogP contribution in [-0.2, 0) is 9.59 Å². The molecule has 2 fully saturated rings. The Balaban J connectivity index is 1.79. The SMILES string of the molecule is O=C(CN1CCC[C@H]1C(=O)O)NC1CCCC1. The van der Waals surface area contributed by atoms with Crippen molar-refractivity contribution in [3.8, 4) is 0 Å². The monoisotopic (exact) mass is 240 g/mol. The second kappa shape index (κ2) is 5.49. The van der Waals surface area contributed by atoms with Crippen LogP contribution in [-0.4, -0.2) is 47.1 Å². The van der Waals surface area contributed by atoms with Gasteiger partial charge in [0, 0.05) is 6.04 Å². The summed E-state index contributed by atoms with van der Waals surface area (Å²) in [7, 11) is 0. The van der Waals surface area contributed by atoms with E-state index in [0.29, 0.717) is 12.5 Å². The highest BCUT2D eigenvalue weighted by atomic mass is 16.4. The zero-order chi connectivity index (χ0) is 12.3. The maximum Gasteiger partial charge on any atom is 0.320 e. The van der Waals surface area contributed by atoms with Crippen LogP contribution in [0, 0.1) is 0 Å². The van der Waals surface area contributed by atoms with Crippen LogP contribution in [0.15, 0.2) is 0 Å². The number of carbonyl (C=O) groups is 2. The van der Waals surface area contributed by atoms with E-state index in [4.69, 9.17) is 5.11 Å². The van der Waals surface area contributed by atoms with E-state index in [1.54, 1.807) is 4.90 Å². The summed E-state index contributed by atoms with van der Waals surface area (Å²) in [5.41, 5.74) is 0. The lowest BCUT2D eigenvalue weighted by Crippen LogP contribution is -2.45. The third-order valence-corrected chi connectivity index (χ3v) is 3.72. The molecule has 0 aromatic rings. The standard InChI is InChI=1S/C12H20N2O3/c15-11(13-9-4-1-2-5-9)8-14-7-3-6-10(14)12(16)17/h9-10H,1-8H2,(H,13,15)(H,16,17)/t10-/m0/s1. The van der Waals surface area contributed by atoms with Crippen molar-refractivity contribution in [2.45, 2.75) is 50.6 Å². The lowest BCUT2D eigenvalue weighted by molar-refractivity contribution is -0.142. The second-order valence-electron chi connectivity index (χ2n) is 5.02. The van der Waals surface area contributed by atoms with Gasteiger partial charge >= 0.3 is 5.97 Å². The normalized spacial score (nSPS) is 26.2. The van der Waals surface area contributed by atoms with Gasteiger partial charge in [-0.2, -0.15) is 0 Å². The van der Waals surface area contributed by atoms with Gasteiger partial charge in [-0.25, -0.2) is 0 Å². The topological polar surface area (TPSA) is 69.6 Å². The molecule has 1 heterocycles. The van der Waals surface area contributed by atoms with Gasteiger partial charge in [-0.15, -0.1) is 0 Å². The summed E-state index contributed by atoms with van der Waals surface area (Å²) in [5.74, 6) is -0.832. The first-order chi connectivity index (χ1) is 8.16. The van der Waals surface area contributed by atoms with Crippen LogP contribution >= 0.6 is 0 Å². The van der Waals surface area contributed by atoms with Crippen LogP contribution in [0.5, 0.6) is 0 Å². The Morgan fingerprint density at radius 2 is 1.88 bits per heavy atom.